The summed E-state index contributed by atoms with van der Waals surface area (Å²) < 4.78 is 15.8. The molecule has 1 amide bonds. The third-order valence-electron chi connectivity index (χ3n) is 3.99. The van der Waals surface area contributed by atoms with E-state index in [1.807, 2.05) is 6.92 Å². The number of alkyl carbamates (subject to hydrolysis) is 1. The molecule has 1 N–H and O–H groups in total. The molecule has 28 heavy (non-hydrogen) atoms. The lowest BCUT2D eigenvalue weighted by Gasteiger charge is -2.24. The number of carbonyl (C=O) groups is 2. The molecule has 0 radical (unpaired) electrons. The molecule has 152 valence electrons. The average Bonchev–Trinajstić information content (AvgIpc) is 2.56. The summed E-state index contributed by atoms with van der Waals surface area (Å²) in [5.74, 6) is -0.621. The summed E-state index contributed by atoms with van der Waals surface area (Å²) >= 11 is 0. The maximum Gasteiger partial charge on any atom is 0.408 e. The Kier molecular flexibility index (Phi) is 6.48. The van der Waals surface area contributed by atoms with E-state index in [2.05, 4.69) is 5.32 Å². The fourth-order valence-corrected chi connectivity index (χ4v) is 2.68. The molecule has 0 aliphatic carbocycles. The van der Waals surface area contributed by atoms with Gasteiger partial charge >= 0.3 is 17.7 Å². The van der Waals surface area contributed by atoms with Gasteiger partial charge in [0.1, 0.15) is 23.0 Å². The highest BCUT2D eigenvalue weighted by molar-refractivity contribution is 5.85. The summed E-state index contributed by atoms with van der Waals surface area (Å²) in [7, 11) is 0. The van der Waals surface area contributed by atoms with Gasteiger partial charge in [0, 0.05) is 17.5 Å². The molecule has 1 aromatic carbocycles. The zero-order valence-electron chi connectivity index (χ0n) is 17.1. The summed E-state index contributed by atoms with van der Waals surface area (Å²) in [6, 6.07) is 5.43. The van der Waals surface area contributed by atoms with Crippen LogP contribution in [-0.4, -0.2) is 23.7 Å². The van der Waals surface area contributed by atoms with Crippen molar-refractivity contribution in [3.63, 3.8) is 0 Å². The van der Waals surface area contributed by atoms with Crippen molar-refractivity contribution in [2.24, 2.45) is 5.92 Å². The van der Waals surface area contributed by atoms with Crippen molar-refractivity contribution in [2.75, 3.05) is 0 Å². The van der Waals surface area contributed by atoms with Crippen LogP contribution in [0.5, 0.6) is 5.75 Å². The Bertz CT molecular complexity index is 923. The van der Waals surface area contributed by atoms with Crippen LogP contribution < -0.4 is 15.7 Å². The molecular formula is C21H27NO6. The Morgan fingerprint density at radius 2 is 1.86 bits per heavy atom. The molecule has 0 bridgehead atoms. The van der Waals surface area contributed by atoms with Crippen LogP contribution >= 0.6 is 0 Å². The largest absolute Gasteiger partial charge is 0.444 e. The van der Waals surface area contributed by atoms with Gasteiger partial charge in [-0.15, -0.1) is 0 Å². The maximum atomic E-state index is 12.6. The summed E-state index contributed by atoms with van der Waals surface area (Å²) in [6.07, 6.45) is -0.0172. The number of esters is 1. The Balaban J connectivity index is 2.21. The van der Waals surface area contributed by atoms with E-state index in [0.29, 0.717) is 12.0 Å². The van der Waals surface area contributed by atoms with E-state index in [4.69, 9.17) is 13.9 Å². The standard InChI is InChI=1S/C21H27NO6/c1-7-13-10-17(23)27-16-11-14(8-9-15(13)16)26-19(24)18(12(2)3)22-20(25)28-21(4,5)6/h8-12,18H,7H2,1-6H3,(H,22,25)/t18-/m0/s1. The number of hydrogen-bond acceptors (Lipinski definition) is 6. The Labute approximate surface area is 164 Å². The number of nitrogens with one attached hydrogen (secondary N) is 1. The molecule has 0 saturated heterocycles. The molecule has 0 saturated carbocycles. The average molecular weight is 389 g/mol. The molecule has 0 aliphatic heterocycles. The molecular weight excluding hydrogens is 362 g/mol. The van der Waals surface area contributed by atoms with Crippen molar-refractivity contribution in [2.45, 2.75) is 59.6 Å². The first kappa shape index (κ1) is 21.5. The van der Waals surface area contributed by atoms with E-state index in [9.17, 15) is 14.4 Å². The minimum atomic E-state index is -0.889. The minimum Gasteiger partial charge on any atom is -0.444 e. The number of rotatable bonds is 5. The molecule has 0 fully saturated rings. The lowest BCUT2D eigenvalue weighted by Crippen LogP contribution is -2.48. The van der Waals surface area contributed by atoms with Gasteiger partial charge in [-0.25, -0.2) is 14.4 Å². The quantitative estimate of drug-likeness (QED) is 0.475. The highest BCUT2D eigenvalue weighted by atomic mass is 16.6. The van der Waals surface area contributed by atoms with Gasteiger partial charge in [-0.3, -0.25) is 0 Å². The van der Waals surface area contributed by atoms with Gasteiger partial charge in [-0.05, 0) is 50.8 Å². The van der Waals surface area contributed by atoms with Gasteiger partial charge in [-0.1, -0.05) is 20.8 Å². The number of amides is 1. The fraction of sp³-hybridized carbons (Fsp3) is 0.476. The second-order valence-electron chi connectivity index (χ2n) is 7.89. The van der Waals surface area contributed by atoms with Gasteiger partial charge in [0.05, 0.1) is 0 Å². The number of fused-ring (bicyclic) bond motifs is 1. The van der Waals surface area contributed by atoms with E-state index in [1.54, 1.807) is 46.8 Å². The normalized spacial score (nSPS) is 12.7. The van der Waals surface area contributed by atoms with Gasteiger partial charge in [-0.2, -0.15) is 0 Å². The third-order valence-corrected chi connectivity index (χ3v) is 3.99. The van der Waals surface area contributed by atoms with E-state index in [-0.39, 0.29) is 11.7 Å². The molecule has 0 aliphatic rings. The van der Waals surface area contributed by atoms with Crippen molar-refractivity contribution in [1.82, 2.24) is 5.32 Å². The predicted octanol–water partition coefficient (Wildman–Crippen LogP) is 3.81. The number of carbonyl (C=O) groups excluding carboxylic acids is 2. The molecule has 2 aromatic rings. The van der Waals surface area contributed by atoms with E-state index in [0.717, 1.165) is 10.9 Å². The van der Waals surface area contributed by atoms with Gasteiger partial charge < -0.3 is 19.2 Å². The molecule has 7 heteroatoms. The van der Waals surface area contributed by atoms with Crippen molar-refractivity contribution < 1.29 is 23.5 Å². The second kappa shape index (κ2) is 8.46. The molecule has 1 aromatic heterocycles. The van der Waals surface area contributed by atoms with Gasteiger partial charge in [0.15, 0.2) is 0 Å². The van der Waals surface area contributed by atoms with Crippen LogP contribution in [0.1, 0.15) is 47.1 Å². The smallest absolute Gasteiger partial charge is 0.408 e. The topological polar surface area (TPSA) is 94.8 Å². The number of aryl methyl sites for hydroxylation is 1. The first-order chi connectivity index (χ1) is 13.0. The summed E-state index contributed by atoms with van der Waals surface area (Å²) in [6.45, 7) is 10.7. The summed E-state index contributed by atoms with van der Waals surface area (Å²) in [5.41, 5.74) is 0.0636. The molecule has 2 rings (SSSR count). The molecule has 0 spiro atoms. The summed E-state index contributed by atoms with van der Waals surface area (Å²) in [4.78, 5) is 36.3. The Morgan fingerprint density at radius 3 is 2.43 bits per heavy atom. The van der Waals surface area contributed by atoms with Crippen LogP contribution in [0, 0.1) is 5.92 Å². The molecule has 1 heterocycles. The van der Waals surface area contributed by atoms with Crippen molar-refractivity contribution in [3.05, 3.63) is 40.2 Å². The van der Waals surface area contributed by atoms with Crippen molar-refractivity contribution >= 4 is 23.0 Å². The lowest BCUT2D eigenvalue weighted by atomic mass is 10.0. The third kappa shape index (κ3) is 5.58. The van der Waals surface area contributed by atoms with Crippen molar-refractivity contribution in [1.29, 1.82) is 0 Å². The van der Waals surface area contributed by atoms with Crippen LogP contribution in [0.25, 0.3) is 11.0 Å². The Hall–Kier alpha value is -2.83. The highest BCUT2D eigenvalue weighted by Gasteiger charge is 2.28. The Morgan fingerprint density at radius 1 is 1.18 bits per heavy atom. The number of benzene rings is 1. The first-order valence-electron chi connectivity index (χ1n) is 9.28. The van der Waals surface area contributed by atoms with Crippen molar-refractivity contribution in [3.8, 4) is 5.75 Å². The van der Waals surface area contributed by atoms with Crippen LogP contribution in [0.4, 0.5) is 4.79 Å². The monoisotopic (exact) mass is 389 g/mol. The second-order valence-corrected chi connectivity index (χ2v) is 7.89. The lowest BCUT2D eigenvalue weighted by molar-refractivity contribution is -0.137. The van der Waals surface area contributed by atoms with E-state index < -0.39 is 29.3 Å². The maximum absolute atomic E-state index is 12.6. The first-order valence-corrected chi connectivity index (χ1v) is 9.28. The van der Waals surface area contributed by atoms with Crippen LogP contribution in [0.3, 0.4) is 0 Å². The zero-order chi connectivity index (χ0) is 21.1. The number of ether oxygens (including phenoxy) is 2. The highest BCUT2D eigenvalue weighted by Crippen LogP contribution is 2.23. The molecule has 7 nitrogen and oxygen atoms in total. The van der Waals surface area contributed by atoms with Crippen LogP contribution in [0.15, 0.2) is 33.5 Å². The molecule has 0 unspecified atom stereocenters. The van der Waals surface area contributed by atoms with Crippen LogP contribution in [-0.2, 0) is 16.0 Å². The predicted molar refractivity (Wildman–Crippen MR) is 105 cm³/mol. The summed E-state index contributed by atoms with van der Waals surface area (Å²) in [5, 5.41) is 3.33. The van der Waals surface area contributed by atoms with E-state index >= 15 is 0 Å². The molecule has 1 atom stereocenters. The minimum absolute atomic E-state index is 0.217. The zero-order valence-corrected chi connectivity index (χ0v) is 17.1. The van der Waals surface area contributed by atoms with Crippen LogP contribution in [0.2, 0.25) is 0 Å². The van der Waals surface area contributed by atoms with Gasteiger partial charge in [0.2, 0.25) is 0 Å². The SMILES string of the molecule is CCc1cc(=O)oc2cc(OC(=O)[C@@H](NC(=O)OC(C)(C)C)C(C)C)ccc12. The van der Waals surface area contributed by atoms with E-state index in [1.165, 1.54) is 12.1 Å². The fourth-order valence-electron chi connectivity index (χ4n) is 2.68. The van der Waals surface area contributed by atoms with Gasteiger partial charge in [0.25, 0.3) is 0 Å². The number of hydrogen-bond donors (Lipinski definition) is 1.